The first-order valence-electron chi connectivity index (χ1n) is 13.5. The lowest BCUT2D eigenvalue weighted by Crippen LogP contribution is -2.53. The quantitative estimate of drug-likeness (QED) is 0.202. The standard InChI is InChI=1S/C32H30Cl2FN3O4S/c1-2-36-32(40)30(20-23-11-5-3-6-12-23)37(21-24-17-18-26(33)27(34)19-24)31(39)22-38(29-16-10-9-15-28(29)35)43(41,42)25-13-7-4-8-14-25/h3-19,30H,2,20-22H2,1H3,(H,36,40). The van der Waals surface area contributed by atoms with Crippen LogP contribution in [0.15, 0.2) is 108 Å². The molecule has 0 heterocycles. The summed E-state index contributed by atoms with van der Waals surface area (Å²) in [6.45, 7) is 1.20. The monoisotopic (exact) mass is 641 g/mol. The van der Waals surface area contributed by atoms with Gasteiger partial charge in [0.1, 0.15) is 18.4 Å². The van der Waals surface area contributed by atoms with Crippen molar-refractivity contribution in [2.45, 2.75) is 30.8 Å². The minimum atomic E-state index is -4.40. The Morgan fingerprint density at radius 3 is 2.09 bits per heavy atom. The Kier molecular flexibility index (Phi) is 10.8. The molecule has 0 bridgehead atoms. The summed E-state index contributed by atoms with van der Waals surface area (Å²) in [5, 5.41) is 3.35. The summed E-state index contributed by atoms with van der Waals surface area (Å²) in [6.07, 6.45) is 0.144. The van der Waals surface area contributed by atoms with Crippen LogP contribution in [0.2, 0.25) is 10.0 Å². The van der Waals surface area contributed by atoms with Gasteiger partial charge in [-0.25, -0.2) is 12.8 Å². The fraction of sp³-hybridized carbons (Fsp3) is 0.188. The number of para-hydroxylation sites is 1. The summed E-state index contributed by atoms with van der Waals surface area (Å²) in [6, 6.07) is 25.7. The van der Waals surface area contributed by atoms with E-state index in [1.54, 1.807) is 31.2 Å². The van der Waals surface area contributed by atoms with Crippen molar-refractivity contribution in [3.05, 3.63) is 130 Å². The van der Waals surface area contributed by atoms with E-state index in [0.717, 1.165) is 15.9 Å². The molecule has 0 spiro atoms. The van der Waals surface area contributed by atoms with Gasteiger partial charge in [0.25, 0.3) is 10.0 Å². The van der Waals surface area contributed by atoms with Gasteiger partial charge in [-0.05, 0) is 54.4 Å². The van der Waals surface area contributed by atoms with Gasteiger partial charge in [-0.2, -0.15) is 0 Å². The maximum absolute atomic E-state index is 15.1. The average molecular weight is 643 g/mol. The highest BCUT2D eigenvalue weighted by Crippen LogP contribution is 2.28. The van der Waals surface area contributed by atoms with Gasteiger partial charge >= 0.3 is 0 Å². The number of nitrogens with zero attached hydrogens (tertiary/aromatic N) is 2. The first-order valence-corrected chi connectivity index (χ1v) is 15.7. The number of amides is 2. The number of anilines is 1. The van der Waals surface area contributed by atoms with Crippen molar-refractivity contribution in [1.29, 1.82) is 0 Å². The lowest BCUT2D eigenvalue weighted by molar-refractivity contribution is -0.140. The average Bonchev–Trinajstić information content (AvgIpc) is 3.00. The maximum atomic E-state index is 15.1. The molecule has 1 unspecified atom stereocenters. The highest BCUT2D eigenvalue weighted by molar-refractivity contribution is 7.92. The van der Waals surface area contributed by atoms with Crippen molar-refractivity contribution in [3.63, 3.8) is 0 Å². The fourth-order valence-electron chi connectivity index (χ4n) is 4.57. The van der Waals surface area contributed by atoms with E-state index < -0.39 is 40.2 Å². The molecule has 1 atom stereocenters. The van der Waals surface area contributed by atoms with Gasteiger partial charge in [0.2, 0.25) is 11.8 Å². The van der Waals surface area contributed by atoms with E-state index in [0.29, 0.717) is 17.1 Å². The van der Waals surface area contributed by atoms with Gasteiger partial charge < -0.3 is 10.2 Å². The van der Waals surface area contributed by atoms with E-state index in [2.05, 4.69) is 5.32 Å². The second-order valence-corrected chi connectivity index (χ2v) is 12.3. The summed E-state index contributed by atoms with van der Waals surface area (Å²) in [4.78, 5) is 28.9. The number of hydrogen-bond donors (Lipinski definition) is 1. The lowest BCUT2D eigenvalue weighted by atomic mass is 10.0. The zero-order valence-electron chi connectivity index (χ0n) is 23.3. The molecule has 11 heteroatoms. The summed E-state index contributed by atoms with van der Waals surface area (Å²) in [5.41, 5.74) is 1.05. The number of rotatable bonds is 12. The largest absolute Gasteiger partial charge is 0.355 e. The molecular weight excluding hydrogens is 612 g/mol. The molecule has 0 saturated carbocycles. The molecule has 0 fully saturated rings. The third-order valence-corrected chi connectivity index (χ3v) is 9.20. The van der Waals surface area contributed by atoms with Crippen LogP contribution in [0, 0.1) is 5.82 Å². The van der Waals surface area contributed by atoms with Crippen LogP contribution in [0.3, 0.4) is 0 Å². The summed E-state index contributed by atoms with van der Waals surface area (Å²) >= 11 is 12.4. The highest BCUT2D eigenvalue weighted by Gasteiger charge is 2.35. The second-order valence-electron chi connectivity index (χ2n) is 9.65. The lowest BCUT2D eigenvalue weighted by Gasteiger charge is -2.34. The normalized spacial score (nSPS) is 11.9. The Morgan fingerprint density at radius 1 is 0.837 bits per heavy atom. The molecule has 0 aliphatic rings. The van der Waals surface area contributed by atoms with Crippen molar-refractivity contribution in [3.8, 4) is 0 Å². The summed E-state index contributed by atoms with van der Waals surface area (Å²) < 4.78 is 43.6. The van der Waals surface area contributed by atoms with E-state index in [1.807, 2.05) is 30.3 Å². The van der Waals surface area contributed by atoms with E-state index in [4.69, 9.17) is 23.2 Å². The van der Waals surface area contributed by atoms with Crippen molar-refractivity contribution < 1.29 is 22.4 Å². The number of carbonyl (C=O) groups excluding carboxylic acids is 2. The maximum Gasteiger partial charge on any atom is 0.264 e. The number of benzene rings is 4. The van der Waals surface area contributed by atoms with Crippen LogP contribution in [-0.4, -0.2) is 44.3 Å². The van der Waals surface area contributed by atoms with E-state index >= 15 is 4.39 Å². The topological polar surface area (TPSA) is 86.8 Å². The predicted molar refractivity (Wildman–Crippen MR) is 167 cm³/mol. The van der Waals surface area contributed by atoms with Crippen LogP contribution in [0.5, 0.6) is 0 Å². The highest BCUT2D eigenvalue weighted by atomic mass is 35.5. The minimum absolute atomic E-state index is 0.0964. The fourth-order valence-corrected chi connectivity index (χ4v) is 6.33. The minimum Gasteiger partial charge on any atom is -0.355 e. The molecular formula is C32H30Cl2FN3O4S. The van der Waals surface area contributed by atoms with E-state index in [-0.39, 0.29) is 28.6 Å². The first-order chi connectivity index (χ1) is 20.6. The molecule has 0 aliphatic carbocycles. The van der Waals surface area contributed by atoms with Crippen molar-refractivity contribution in [2.24, 2.45) is 0 Å². The number of halogens is 3. The molecule has 43 heavy (non-hydrogen) atoms. The SMILES string of the molecule is CCNC(=O)C(Cc1ccccc1)N(Cc1ccc(Cl)c(Cl)c1)C(=O)CN(c1ccccc1F)S(=O)(=O)c1ccccc1. The van der Waals surface area contributed by atoms with E-state index in [9.17, 15) is 18.0 Å². The van der Waals surface area contributed by atoms with Crippen molar-refractivity contribution >= 4 is 50.7 Å². The molecule has 0 aliphatic heterocycles. The van der Waals surface area contributed by atoms with Crippen molar-refractivity contribution in [2.75, 3.05) is 17.4 Å². The first kappa shape index (κ1) is 32.0. The van der Waals surface area contributed by atoms with Crippen LogP contribution in [0.25, 0.3) is 0 Å². The van der Waals surface area contributed by atoms with Gasteiger partial charge in [-0.3, -0.25) is 13.9 Å². The number of hydrogen-bond acceptors (Lipinski definition) is 4. The Bertz CT molecular complexity index is 1670. The Morgan fingerprint density at radius 2 is 1.47 bits per heavy atom. The van der Waals surface area contributed by atoms with Crippen LogP contribution in [0.4, 0.5) is 10.1 Å². The number of carbonyl (C=O) groups is 2. The Balaban J connectivity index is 1.81. The Labute approximate surface area is 260 Å². The number of likely N-dealkylation sites (N-methyl/N-ethyl adjacent to an activating group) is 1. The van der Waals surface area contributed by atoms with Gasteiger partial charge in [0, 0.05) is 19.5 Å². The molecule has 4 aromatic rings. The van der Waals surface area contributed by atoms with E-state index in [1.165, 1.54) is 47.4 Å². The van der Waals surface area contributed by atoms with Gasteiger partial charge in [0.05, 0.1) is 20.6 Å². The van der Waals surface area contributed by atoms with Crippen LogP contribution >= 0.6 is 23.2 Å². The predicted octanol–water partition coefficient (Wildman–Crippen LogP) is 6.10. The third kappa shape index (κ3) is 7.93. The van der Waals surface area contributed by atoms with Crippen LogP contribution < -0.4 is 9.62 Å². The molecule has 4 rings (SSSR count). The number of sulfonamides is 1. The van der Waals surface area contributed by atoms with Crippen LogP contribution in [0.1, 0.15) is 18.1 Å². The second kappa shape index (κ2) is 14.5. The summed E-state index contributed by atoms with van der Waals surface area (Å²) in [5.74, 6) is -1.97. The molecule has 1 N–H and O–H groups in total. The molecule has 0 saturated heterocycles. The number of nitrogens with one attached hydrogen (secondary N) is 1. The molecule has 0 aromatic heterocycles. The summed E-state index contributed by atoms with van der Waals surface area (Å²) in [7, 11) is -4.40. The van der Waals surface area contributed by atoms with Gasteiger partial charge in [-0.15, -0.1) is 0 Å². The molecule has 2 amide bonds. The molecule has 7 nitrogen and oxygen atoms in total. The van der Waals surface area contributed by atoms with Gasteiger partial charge in [0.15, 0.2) is 0 Å². The van der Waals surface area contributed by atoms with Gasteiger partial charge in [-0.1, -0.05) is 89.9 Å². The molecule has 4 aromatic carbocycles. The molecule has 0 radical (unpaired) electrons. The Hall–Kier alpha value is -3.92. The van der Waals surface area contributed by atoms with Crippen molar-refractivity contribution in [1.82, 2.24) is 10.2 Å². The zero-order valence-corrected chi connectivity index (χ0v) is 25.6. The zero-order chi connectivity index (χ0) is 31.0. The third-order valence-electron chi connectivity index (χ3n) is 6.69. The van der Waals surface area contributed by atoms with Crippen LogP contribution in [-0.2, 0) is 32.6 Å². The smallest absolute Gasteiger partial charge is 0.264 e. The molecule has 224 valence electrons.